The van der Waals surface area contributed by atoms with Crippen molar-refractivity contribution in [3.8, 4) is 22.4 Å². The highest BCUT2D eigenvalue weighted by Gasteiger charge is 2.23. The normalized spacial score (nSPS) is 12.5. The Morgan fingerprint density at radius 3 is 2.16 bits per heavy atom. The van der Waals surface area contributed by atoms with Crippen molar-refractivity contribution >= 4 is 21.4 Å². The standard InChI is InChI=1S/C25H29ClN2O2S/c1-14(2)24-17(6)11-20(12-27-24)25-23(18(7)21(26)13-28-25)19-8-9-22(16(5)10-19)31(29,30)15(3)4/h8-15H,1-7H3/i13D. The maximum Gasteiger partial charge on any atom is 0.180 e. The molecule has 0 unspecified atom stereocenters. The molecule has 0 atom stereocenters. The van der Waals surface area contributed by atoms with Crippen LogP contribution in [0.25, 0.3) is 22.4 Å². The molecule has 0 bridgehead atoms. The van der Waals surface area contributed by atoms with Gasteiger partial charge in [-0.05, 0) is 74.9 Å². The molecule has 164 valence electrons. The summed E-state index contributed by atoms with van der Waals surface area (Å²) in [6.07, 6.45) is 1.79. The van der Waals surface area contributed by atoms with E-state index in [1.807, 2.05) is 26.0 Å². The quantitative estimate of drug-likeness (QED) is 0.428. The van der Waals surface area contributed by atoms with Crippen LogP contribution in [0.15, 0.2) is 41.5 Å². The van der Waals surface area contributed by atoms with Crippen molar-refractivity contribution in [1.29, 1.82) is 0 Å². The third kappa shape index (κ3) is 4.39. The van der Waals surface area contributed by atoms with E-state index in [0.717, 1.165) is 33.5 Å². The first-order chi connectivity index (χ1) is 14.9. The molecule has 4 nitrogen and oxygen atoms in total. The van der Waals surface area contributed by atoms with Crippen LogP contribution in [0.1, 0.15) is 57.4 Å². The fraction of sp³-hybridized carbons (Fsp3) is 0.360. The van der Waals surface area contributed by atoms with Gasteiger partial charge in [0.25, 0.3) is 0 Å². The van der Waals surface area contributed by atoms with Gasteiger partial charge in [0.2, 0.25) is 0 Å². The minimum Gasteiger partial charge on any atom is -0.260 e. The average molecular weight is 458 g/mol. The van der Waals surface area contributed by atoms with Crippen molar-refractivity contribution in [3.05, 3.63) is 64.0 Å². The lowest BCUT2D eigenvalue weighted by atomic mass is 9.94. The van der Waals surface area contributed by atoms with Crippen molar-refractivity contribution in [1.82, 2.24) is 9.97 Å². The molecule has 3 rings (SSSR count). The Morgan fingerprint density at radius 2 is 1.61 bits per heavy atom. The van der Waals surface area contributed by atoms with Gasteiger partial charge in [-0.2, -0.15) is 0 Å². The van der Waals surface area contributed by atoms with E-state index in [1.54, 1.807) is 39.1 Å². The molecular formula is C25H29ClN2O2S. The lowest BCUT2D eigenvalue weighted by molar-refractivity contribution is 0.587. The van der Waals surface area contributed by atoms with Crippen LogP contribution in [0.4, 0.5) is 0 Å². The third-order valence-corrected chi connectivity index (χ3v) is 8.22. The first-order valence-electron chi connectivity index (χ1n) is 10.8. The summed E-state index contributed by atoms with van der Waals surface area (Å²) in [5.74, 6) is 0.299. The first kappa shape index (κ1) is 22.0. The molecule has 0 fully saturated rings. The van der Waals surface area contributed by atoms with Crippen molar-refractivity contribution in [2.75, 3.05) is 0 Å². The lowest BCUT2D eigenvalue weighted by Gasteiger charge is -2.17. The summed E-state index contributed by atoms with van der Waals surface area (Å²) in [6.45, 7) is 13.2. The molecule has 0 saturated carbocycles. The molecule has 3 aromatic rings. The number of aryl methyl sites for hydroxylation is 2. The van der Waals surface area contributed by atoms with E-state index in [0.29, 0.717) is 22.1 Å². The highest BCUT2D eigenvalue weighted by Crippen LogP contribution is 2.38. The predicted molar refractivity (Wildman–Crippen MR) is 129 cm³/mol. The van der Waals surface area contributed by atoms with Crippen LogP contribution in [0.3, 0.4) is 0 Å². The first-order valence-corrected chi connectivity index (χ1v) is 12.3. The molecule has 0 spiro atoms. The molecule has 2 heterocycles. The minimum atomic E-state index is -3.39. The summed E-state index contributed by atoms with van der Waals surface area (Å²) in [5.41, 5.74) is 6.46. The van der Waals surface area contributed by atoms with Crippen molar-refractivity contribution < 1.29 is 9.79 Å². The van der Waals surface area contributed by atoms with Gasteiger partial charge in [0.1, 0.15) is 0 Å². The van der Waals surface area contributed by atoms with E-state index in [4.69, 9.17) is 13.0 Å². The number of hydrogen-bond acceptors (Lipinski definition) is 4. The van der Waals surface area contributed by atoms with Crippen LogP contribution < -0.4 is 0 Å². The van der Waals surface area contributed by atoms with Gasteiger partial charge >= 0.3 is 0 Å². The summed E-state index contributed by atoms with van der Waals surface area (Å²) in [4.78, 5) is 9.47. The van der Waals surface area contributed by atoms with Crippen LogP contribution in [-0.2, 0) is 9.84 Å². The third-order valence-electron chi connectivity index (χ3n) is 5.54. The Morgan fingerprint density at radius 1 is 0.968 bits per heavy atom. The van der Waals surface area contributed by atoms with Crippen LogP contribution in [-0.4, -0.2) is 23.6 Å². The zero-order chi connectivity index (χ0) is 24.0. The number of sulfone groups is 1. The van der Waals surface area contributed by atoms with Crippen LogP contribution in [0, 0.1) is 20.8 Å². The Balaban J connectivity index is 2.28. The maximum atomic E-state index is 12.7. The van der Waals surface area contributed by atoms with Gasteiger partial charge < -0.3 is 0 Å². The number of pyridine rings is 2. The van der Waals surface area contributed by atoms with Gasteiger partial charge in [-0.1, -0.05) is 37.6 Å². The van der Waals surface area contributed by atoms with E-state index in [-0.39, 0.29) is 11.2 Å². The summed E-state index contributed by atoms with van der Waals surface area (Å²) in [7, 11) is -3.39. The number of benzene rings is 1. The molecule has 0 aliphatic carbocycles. The second-order valence-electron chi connectivity index (χ2n) is 8.54. The Hall–Kier alpha value is -2.24. The van der Waals surface area contributed by atoms with Gasteiger partial charge in [0.15, 0.2) is 9.84 Å². The van der Waals surface area contributed by atoms with Crippen molar-refractivity contribution in [2.45, 2.75) is 64.5 Å². The van der Waals surface area contributed by atoms with E-state index in [9.17, 15) is 8.42 Å². The molecule has 31 heavy (non-hydrogen) atoms. The molecular weight excluding hydrogens is 428 g/mol. The highest BCUT2D eigenvalue weighted by molar-refractivity contribution is 7.92. The largest absolute Gasteiger partial charge is 0.260 e. The highest BCUT2D eigenvalue weighted by atomic mass is 35.5. The molecule has 0 aliphatic rings. The monoisotopic (exact) mass is 457 g/mol. The number of hydrogen-bond donors (Lipinski definition) is 0. The molecule has 2 aromatic heterocycles. The second kappa shape index (κ2) is 8.71. The molecule has 0 aliphatic heterocycles. The number of halogens is 1. The molecule has 0 N–H and O–H groups in total. The van der Waals surface area contributed by atoms with Gasteiger partial charge in [-0.3, -0.25) is 9.97 Å². The van der Waals surface area contributed by atoms with E-state index >= 15 is 0 Å². The van der Waals surface area contributed by atoms with Gasteiger partial charge in [-0.25, -0.2) is 8.42 Å². The van der Waals surface area contributed by atoms with E-state index < -0.39 is 15.1 Å². The maximum absolute atomic E-state index is 12.7. The number of rotatable bonds is 5. The summed E-state index contributed by atoms with van der Waals surface area (Å²) < 4.78 is 33.7. The fourth-order valence-electron chi connectivity index (χ4n) is 3.79. The smallest absolute Gasteiger partial charge is 0.180 e. The minimum absolute atomic E-state index is 0.00392. The predicted octanol–water partition coefficient (Wildman–Crippen LogP) is 6.69. The second-order valence-corrected chi connectivity index (χ2v) is 11.4. The van der Waals surface area contributed by atoms with Crippen molar-refractivity contribution in [2.24, 2.45) is 0 Å². The number of aromatic nitrogens is 2. The molecule has 0 radical (unpaired) electrons. The molecule has 0 saturated heterocycles. The lowest BCUT2D eigenvalue weighted by Crippen LogP contribution is -2.15. The summed E-state index contributed by atoms with van der Waals surface area (Å²) in [6, 6.07) is 7.33. The van der Waals surface area contributed by atoms with E-state index in [2.05, 4.69) is 23.8 Å². The fourth-order valence-corrected chi connectivity index (χ4v) is 5.20. The Bertz CT molecular complexity index is 1300. The molecule has 1 aromatic carbocycles. The average Bonchev–Trinajstić information content (AvgIpc) is 2.71. The Labute approximate surface area is 192 Å². The van der Waals surface area contributed by atoms with Gasteiger partial charge in [-0.15, -0.1) is 0 Å². The SMILES string of the molecule is [2H]c1nc(-c2cnc(C(C)C)c(C)c2)c(-c2ccc(S(=O)(=O)C(C)C)c(C)c2)c(C)c1Cl. The number of nitrogens with zero attached hydrogens (tertiary/aromatic N) is 2. The van der Waals surface area contributed by atoms with Gasteiger partial charge in [0, 0.05) is 29.2 Å². The van der Waals surface area contributed by atoms with Crippen LogP contribution >= 0.6 is 11.6 Å². The van der Waals surface area contributed by atoms with Gasteiger partial charge in [0.05, 0.1) is 22.2 Å². The topological polar surface area (TPSA) is 59.9 Å². The summed E-state index contributed by atoms with van der Waals surface area (Å²) >= 11 is 6.41. The molecule has 6 heteroatoms. The zero-order valence-electron chi connectivity index (χ0n) is 20.0. The Kier molecular flexibility index (Phi) is 6.18. The van der Waals surface area contributed by atoms with Crippen molar-refractivity contribution in [3.63, 3.8) is 0 Å². The zero-order valence-corrected chi connectivity index (χ0v) is 20.6. The molecule has 0 amide bonds. The van der Waals surface area contributed by atoms with Crippen LogP contribution in [0.5, 0.6) is 0 Å². The summed E-state index contributed by atoms with van der Waals surface area (Å²) in [5, 5.41) is -0.222. The van der Waals surface area contributed by atoms with E-state index in [1.165, 1.54) is 0 Å². The van der Waals surface area contributed by atoms with Crippen LogP contribution in [0.2, 0.25) is 5.02 Å².